The van der Waals surface area contributed by atoms with Gasteiger partial charge in [-0.15, -0.1) is 0 Å². The van der Waals surface area contributed by atoms with E-state index in [0.29, 0.717) is 11.0 Å². The van der Waals surface area contributed by atoms with Gasteiger partial charge in [0.1, 0.15) is 6.61 Å². The predicted molar refractivity (Wildman–Crippen MR) is 149 cm³/mol. The smallest absolute Gasteiger partial charge is 0.449 e. The number of fused-ring (bicyclic) bond motifs is 3. The van der Waals surface area contributed by atoms with Crippen LogP contribution in [0.25, 0.3) is 17.2 Å². The molecule has 1 N–H and O–H groups in total. The van der Waals surface area contributed by atoms with Gasteiger partial charge in [-0.1, -0.05) is 78.9 Å². The number of halogens is 2. The summed E-state index contributed by atoms with van der Waals surface area (Å²) in [5.41, 5.74) is 4.00. The van der Waals surface area contributed by atoms with E-state index in [1.165, 1.54) is 6.07 Å². The summed E-state index contributed by atoms with van der Waals surface area (Å²) in [6, 6.07) is 22.5. The van der Waals surface area contributed by atoms with Crippen LogP contribution in [0.2, 0.25) is 0 Å². The topological polar surface area (TPSA) is 56.8 Å². The third kappa shape index (κ3) is 5.36. The van der Waals surface area contributed by atoms with Gasteiger partial charge in [-0.25, -0.2) is 13.6 Å². The molecule has 0 atom stereocenters. The molecule has 2 aliphatic rings. The molecule has 0 bridgehead atoms. The molecule has 0 saturated carbocycles. The van der Waals surface area contributed by atoms with Gasteiger partial charge in [0, 0.05) is 18.0 Å². The highest BCUT2D eigenvalue weighted by Crippen LogP contribution is 2.44. The predicted octanol–water partition coefficient (Wildman–Crippen LogP) is 7.18. The van der Waals surface area contributed by atoms with Crippen molar-refractivity contribution in [3.63, 3.8) is 0 Å². The molecule has 0 aromatic heterocycles. The lowest BCUT2D eigenvalue weighted by Crippen LogP contribution is -2.41. The van der Waals surface area contributed by atoms with Crippen molar-refractivity contribution in [3.8, 4) is 11.1 Å². The van der Waals surface area contributed by atoms with E-state index in [2.05, 4.69) is 29.6 Å². The summed E-state index contributed by atoms with van der Waals surface area (Å²) in [5, 5.41) is 2.78. The maximum absolute atomic E-state index is 13.7. The second-order valence-corrected chi connectivity index (χ2v) is 10.9. The summed E-state index contributed by atoms with van der Waals surface area (Å²) in [6.07, 6.45) is -1.65. The van der Waals surface area contributed by atoms with Gasteiger partial charge < -0.3 is 19.4 Å². The molecular weight excluding hydrogens is 499 g/mol. The van der Waals surface area contributed by atoms with Crippen LogP contribution in [0, 0.1) is 0 Å². The number of ether oxygens (including phenoxy) is 1. The van der Waals surface area contributed by atoms with E-state index in [0.717, 1.165) is 22.3 Å². The van der Waals surface area contributed by atoms with Gasteiger partial charge in [-0.05, 0) is 61.0 Å². The van der Waals surface area contributed by atoms with Crippen LogP contribution in [0.4, 0.5) is 13.6 Å². The van der Waals surface area contributed by atoms with Gasteiger partial charge >= 0.3 is 13.2 Å². The second-order valence-electron chi connectivity index (χ2n) is 10.9. The van der Waals surface area contributed by atoms with Crippen molar-refractivity contribution >= 4 is 19.3 Å². The first-order chi connectivity index (χ1) is 18.6. The third-order valence-corrected chi connectivity index (χ3v) is 7.91. The Morgan fingerprint density at radius 2 is 1.46 bits per heavy atom. The zero-order chi connectivity index (χ0) is 27.8. The highest BCUT2D eigenvalue weighted by molar-refractivity contribution is 6.56. The number of carbonyl (C=O) groups excluding carboxylic acids is 1. The fraction of sp³-hybridized carbons (Fsp3) is 0.323. The van der Waals surface area contributed by atoms with Crippen LogP contribution in [0.15, 0.2) is 78.3 Å². The SMILES string of the molecule is CC1(C)OB(C(=Cc2ccccc2C(F)F)CNC(=O)OCC2c3ccccc3-c3ccccc32)OC1(C)C. The fourth-order valence-corrected chi connectivity index (χ4v) is 5.06. The van der Waals surface area contributed by atoms with Crippen LogP contribution in [0.3, 0.4) is 0 Å². The molecule has 39 heavy (non-hydrogen) atoms. The molecule has 3 aromatic carbocycles. The van der Waals surface area contributed by atoms with Crippen LogP contribution < -0.4 is 5.32 Å². The Kier molecular flexibility index (Phi) is 7.36. The number of amides is 1. The Hall–Kier alpha value is -3.49. The third-order valence-electron chi connectivity index (χ3n) is 7.91. The van der Waals surface area contributed by atoms with E-state index in [4.69, 9.17) is 14.0 Å². The lowest BCUT2D eigenvalue weighted by molar-refractivity contribution is 0.00578. The first kappa shape index (κ1) is 27.1. The van der Waals surface area contributed by atoms with Crippen molar-refractivity contribution in [2.24, 2.45) is 0 Å². The lowest BCUT2D eigenvalue weighted by Gasteiger charge is -2.32. The molecule has 1 saturated heterocycles. The molecule has 5 rings (SSSR count). The molecule has 0 spiro atoms. The van der Waals surface area contributed by atoms with Crippen LogP contribution >= 0.6 is 0 Å². The number of hydrogen-bond donors (Lipinski definition) is 1. The first-order valence-corrected chi connectivity index (χ1v) is 13.1. The van der Waals surface area contributed by atoms with E-state index in [9.17, 15) is 13.6 Å². The van der Waals surface area contributed by atoms with Crippen molar-refractivity contribution in [1.29, 1.82) is 0 Å². The van der Waals surface area contributed by atoms with Gasteiger partial charge in [-0.3, -0.25) is 0 Å². The summed E-state index contributed by atoms with van der Waals surface area (Å²) in [5.74, 6) is -0.0702. The van der Waals surface area contributed by atoms with Crippen LogP contribution in [0.5, 0.6) is 0 Å². The average molecular weight is 531 g/mol. The Balaban J connectivity index is 1.32. The van der Waals surface area contributed by atoms with Gasteiger partial charge in [0.15, 0.2) is 0 Å². The molecule has 3 aromatic rings. The van der Waals surface area contributed by atoms with Crippen molar-refractivity contribution in [2.75, 3.05) is 13.2 Å². The molecule has 1 aliphatic heterocycles. The highest BCUT2D eigenvalue weighted by atomic mass is 19.3. The molecule has 0 radical (unpaired) electrons. The minimum absolute atomic E-state index is 0.00503. The number of rotatable bonds is 7. The van der Waals surface area contributed by atoms with Crippen LogP contribution in [-0.2, 0) is 14.0 Å². The Bertz CT molecular complexity index is 1340. The Labute approximate surface area is 228 Å². The molecule has 1 heterocycles. The highest BCUT2D eigenvalue weighted by Gasteiger charge is 2.52. The molecule has 202 valence electrons. The summed E-state index contributed by atoms with van der Waals surface area (Å²) < 4.78 is 45.4. The average Bonchev–Trinajstić information content (AvgIpc) is 3.34. The van der Waals surface area contributed by atoms with Crippen molar-refractivity contribution in [3.05, 3.63) is 101 Å². The zero-order valence-electron chi connectivity index (χ0n) is 22.5. The zero-order valence-corrected chi connectivity index (χ0v) is 22.5. The van der Waals surface area contributed by atoms with Crippen LogP contribution in [0.1, 0.15) is 62.3 Å². The van der Waals surface area contributed by atoms with Crippen molar-refractivity contribution in [1.82, 2.24) is 5.32 Å². The second kappa shape index (κ2) is 10.6. The normalized spacial score (nSPS) is 17.7. The molecule has 1 aliphatic carbocycles. The summed E-state index contributed by atoms with van der Waals surface area (Å²) in [4.78, 5) is 12.9. The van der Waals surface area contributed by atoms with E-state index < -0.39 is 30.8 Å². The molecular formula is C31H32BF2NO4. The van der Waals surface area contributed by atoms with Gasteiger partial charge in [-0.2, -0.15) is 0 Å². The Morgan fingerprint density at radius 1 is 0.923 bits per heavy atom. The summed E-state index contributed by atoms with van der Waals surface area (Å²) in [6.45, 7) is 7.83. The number of hydrogen-bond acceptors (Lipinski definition) is 4. The standard InChI is InChI=1S/C31H32BF2NO4/c1-30(2)31(3,4)39-32(38-30)21(17-20-11-5-6-12-22(20)28(33)34)18-35-29(36)37-19-27-25-15-9-7-13-23(25)24-14-8-10-16-26(24)27/h5-17,27-28H,18-19H2,1-4H3,(H,35,36). The molecule has 1 amide bonds. The number of benzene rings is 3. The Morgan fingerprint density at radius 3 is 2.05 bits per heavy atom. The van der Waals surface area contributed by atoms with Crippen molar-refractivity contribution < 1.29 is 27.6 Å². The monoisotopic (exact) mass is 531 g/mol. The lowest BCUT2D eigenvalue weighted by atomic mass is 9.76. The number of alkyl carbamates (subject to hydrolysis) is 1. The number of carbonyl (C=O) groups is 1. The molecule has 0 unspecified atom stereocenters. The number of alkyl halides is 2. The minimum Gasteiger partial charge on any atom is -0.449 e. The van der Waals surface area contributed by atoms with Gasteiger partial charge in [0.2, 0.25) is 0 Å². The van der Waals surface area contributed by atoms with Crippen LogP contribution in [-0.4, -0.2) is 37.6 Å². The number of nitrogens with one attached hydrogen (secondary N) is 1. The molecule has 1 fully saturated rings. The largest absolute Gasteiger partial charge is 0.492 e. The first-order valence-electron chi connectivity index (χ1n) is 13.1. The maximum Gasteiger partial charge on any atom is 0.492 e. The molecule has 5 nitrogen and oxygen atoms in total. The van der Waals surface area contributed by atoms with Gasteiger partial charge in [0.05, 0.1) is 11.2 Å². The molecule has 8 heteroatoms. The van der Waals surface area contributed by atoms with Gasteiger partial charge in [0.25, 0.3) is 6.43 Å². The maximum atomic E-state index is 13.7. The van der Waals surface area contributed by atoms with E-state index >= 15 is 0 Å². The van der Waals surface area contributed by atoms with Crippen molar-refractivity contribution in [2.45, 2.75) is 51.2 Å². The summed E-state index contributed by atoms with van der Waals surface area (Å²) >= 11 is 0. The quantitative estimate of drug-likeness (QED) is 0.328. The fourth-order valence-electron chi connectivity index (χ4n) is 5.06. The van der Waals surface area contributed by atoms with E-state index in [-0.39, 0.29) is 24.6 Å². The van der Waals surface area contributed by atoms with E-state index in [1.54, 1.807) is 24.3 Å². The summed E-state index contributed by atoms with van der Waals surface area (Å²) in [7, 11) is -0.824. The minimum atomic E-state index is -2.65. The van der Waals surface area contributed by atoms with E-state index in [1.807, 2.05) is 52.0 Å².